The molecule has 1 heterocycles. The van der Waals surface area contributed by atoms with Crippen LogP contribution in [0.5, 0.6) is 0 Å². The quantitative estimate of drug-likeness (QED) is 0.584. The Balaban J connectivity index is 2.19. The molecule has 1 aliphatic heterocycles. The number of carbonyl (C=O) groups is 2. The molecule has 5 heteroatoms. The predicted molar refractivity (Wildman–Crippen MR) is 61.5 cm³/mol. The SMILES string of the molecule is Cc1ccc(N2CC(C(=O)NO)=CC2=O)cc1. The minimum atomic E-state index is -0.645. The van der Waals surface area contributed by atoms with Crippen molar-refractivity contribution < 1.29 is 14.8 Å². The summed E-state index contributed by atoms with van der Waals surface area (Å²) in [6.45, 7) is 2.13. The van der Waals surface area contributed by atoms with Crippen molar-refractivity contribution in [3.8, 4) is 0 Å². The van der Waals surface area contributed by atoms with Crippen molar-refractivity contribution in [3.05, 3.63) is 41.5 Å². The summed E-state index contributed by atoms with van der Waals surface area (Å²) in [4.78, 5) is 24.3. The van der Waals surface area contributed by atoms with Gasteiger partial charge in [-0.2, -0.15) is 0 Å². The summed E-state index contributed by atoms with van der Waals surface area (Å²) in [7, 11) is 0. The third kappa shape index (κ3) is 2.19. The number of aryl methyl sites for hydroxylation is 1. The molecule has 0 radical (unpaired) electrons. The van der Waals surface area contributed by atoms with E-state index in [1.54, 1.807) is 0 Å². The first-order valence-electron chi connectivity index (χ1n) is 5.15. The van der Waals surface area contributed by atoms with Gasteiger partial charge >= 0.3 is 0 Å². The Kier molecular flexibility index (Phi) is 2.93. The van der Waals surface area contributed by atoms with Gasteiger partial charge in [-0.25, -0.2) is 5.48 Å². The van der Waals surface area contributed by atoms with Gasteiger partial charge in [-0.05, 0) is 19.1 Å². The summed E-state index contributed by atoms with van der Waals surface area (Å²) in [5.41, 5.74) is 3.60. The summed E-state index contributed by atoms with van der Waals surface area (Å²) >= 11 is 0. The van der Waals surface area contributed by atoms with Gasteiger partial charge in [0.25, 0.3) is 11.8 Å². The number of hydroxylamine groups is 1. The van der Waals surface area contributed by atoms with E-state index in [1.165, 1.54) is 16.5 Å². The van der Waals surface area contributed by atoms with Gasteiger partial charge in [-0.3, -0.25) is 14.8 Å². The van der Waals surface area contributed by atoms with Crippen molar-refractivity contribution in [2.24, 2.45) is 0 Å². The molecule has 0 bridgehead atoms. The van der Waals surface area contributed by atoms with Crippen molar-refractivity contribution in [2.45, 2.75) is 6.92 Å². The van der Waals surface area contributed by atoms with Gasteiger partial charge in [0.05, 0.1) is 6.54 Å². The molecular weight excluding hydrogens is 220 g/mol. The standard InChI is InChI=1S/C12H12N2O3/c1-8-2-4-10(5-3-8)14-7-9(6-11(14)15)12(16)13-17/h2-6,17H,7H2,1H3,(H,13,16). The lowest BCUT2D eigenvalue weighted by Crippen LogP contribution is -2.28. The van der Waals surface area contributed by atoms with E-state index in [1.807, 2.05) is 31.2 Å². The minimum Gasteiger partial charge on any atom is -0.304 e. The molecule has 17 heavy (non-hydrogen) atoms. The molecule has 1 aromatic rings. The van der Waals surface area contributed by atoms with Crippen LogP contribution in [0, 0.1) is 6.92 Å². The van der Waals surface area contributed by atoms with Crippen molar-refractivity contribution in [3.63, 3.8) is 0 Å². The van der Waals surface area contributed by atoms with E-state index in [9.17, 15) is 9.59 Å². The van der Waals surface area contributed by atoms with Crippen LogP contribution in [-0.4, -0.2) is 23.6 Å². The normalized spacial score (nSPS) is 14.8. The van der Waals surface area contributed by atoms with Crippen molar-refractivity contribution in [1.29, 1.82) is 0 Å². The van der Waals surface area contributed by atoms with Crippen LogP contribution >= 0.6 is 0 Å². The van der Waals surface area contributed by atoms with Crippen molar-refractivity contribution in [1.82, 2.24) is 5.48 Å². The number of nitrogens with zero attached hydrogens (tertiary/aromatic N) is 1. The minimum absolute atomic E-state index is 0.175. The summed E-state index contributed by atoms with van der Waals surface area (Å²) < 4.78 is 0. The van der Waals surface area contributed by atoms with Crippen LogP contribution in [0.4, 0.5) is 5.69 Å². The van der Waals surface area contributed by atoms with Gasteiger partial charge in [-0.15, -0.1) is 0 Å². The molecule has 0 aliphatic carbocycles. The number of anilines is 1. The molecule has 0 atom stereocenters. The lowest BCUT2D eigenvalue weighted by Gasteiger charge is -2.16. The maximum absolute atomic E-state index is 11.7. The van der Waals surface area contributed by atoms with E-state index in [4.69, 9.17) is 5.21 Å². The number of benzene rings is 1. The summed E-state index contributed by atoms with van der Waals surface area (Å²) in [6, 6.07) is 7.43. The Morgan fingerprint density at radius 2 is 2.00 bits per heavy atom. The number of rotatable bonds is 2. The van der Waals surface area contributed by atoms with Crippen LogP contribution in [0.25, 0.3) is 0 Å². The molecule has 0 saturated carbocycles. The van der Waals surface area contributed by atoms with Gasteiger partial charge in [0.1, 0.15) is 0 Å². The predicted octanol–water partition coefficient (Wildman–Crippen LogP) is 0.773. The Bertz CT molecular complexity index is 491. The average Bonchev–Trinajstić information content (AvgIpc) is 2.71. The second kappa shape index (κ2) is 4.39. The summed E-state index contributed by atoms with van der Waals surface area (Å²) in [5.74, 6) is -0.902. The lowest BCUT2D eigenvalue weighted by molar-refractivity contribution is -0.125. The summed E-state index contributed by atoms with van der Waals surface area (Å²) in [5, 5.41) is 8.50. The fraction of sp³-hybridized carbons (Fsp3) is 0.167. The molecule has 88 valence electrons. The van der Waals surface area contributed by atoms with Crippen LogP contribution < -0.4 is 10.4 Å². The van der Waals surface area contributed by atoms with Gasteiger partial charge in [0.15, 0.2) is 0 Å². The maximum atomic E-state index is 11.7. The smallest absolute Gasteiger partial charge is 0.272 e. The van der Waals surface area contributed by atoms with E-state index >= 15 is 0 Å². The average molecular weight is 232 g/mol. The highest BCUT2D eigenvalue weighted by Crippen LogP contribution is 2.21. The first-order chi connectivity index (χ1) is 8.11. The molecule has 0 unspecified atom stereocenters. The molecular formula is C12H12N2O3. The van der Waals surface area contributed by atoms with Crippen LogP contribution in [0.3, 0.4) is 0 Å². The zero-order valence-corrected chi connectivity index (χ0v) is 9.30. The Labute approximate surface area is 98.3 Å². The van der Waals surface area contributed by atoms with E-state index in [-0.39, 0.29) is 18.0 Å². The zero-order chi connectivity index (χ0) is 12.4. The molecule has 0 spiro atoms. The molecule has 0 fully saturated rings. The van der Waals surface area contributed by atoms with E-state index in [2.05, 4.69) is 0 Å². The Morgan fingerprint density at radius 1 is 1.35 bits per heavy atom. The molecule has 0 aromatic heterocycles. The van der Waals surface area contributed by atoms with Gasteiger partial charge < -0.3 is 4.90 Å². The second-order valence-corrected chi connectivity index (χ2v) is 3.87. The molecule has 1 aliphatic rings. The highest BCUT2D eigenvalue weighted by molar-refractivity contribution is 6.12. The maximum Gasteiger partial charge on any atom is 0.272 e. The summed E-state index contributed by atoms with van der Waals surface area (Å²) in [6.07, 6.45) is 1.23. The van der Waals surface area contributed by atoms with E-state index < -0.39 is 5.91 Å². The lowest BCUT2D eigenvalue weighted by atomic mass is 10.2. The van der Waals surface area contributed by atoms with Crippen LogP contribution in [0.1, 0.15) is 5.56 Å². The number of carbonyl (C=O) groups excluding carboxylic acids is 2. The first kappa shape index (κ1) is 11.3. The zero-order valence-electron chi connectivity index (χ0n) is 9.30. The number of amides is 2. The first-order valence-corrected chi connectivity index (χ1v) is 5.15. The highest BCUT2D eigenvalue weighted by atomic mass is 16.5. The Morgan fingerprint density at radius 3 is 2.59 bits per heavy atom. The van der Waals surface area contributed by atoms with Gasteiger partial charge in [0.2, 0.25) is 0 Å². The number of nitrogens with one attached hydrogen (secondary N) is 1. The van der Waals surface area contributed by atoms with Crippen molar-refractivity contribution >= 4 is 17.5 Å². The van der Waals surface area contributed by atoms with Crippen LogP contribution in [0.15, 0.2) is 35.9 Å². The van der Waals surface area contributed by atoms with Crippen molar-refractivity contribution in [2.75, 3.05) is 11.4 Å². The topological polar surface area (TPSA) is 69.6 Å². The molecule has 2 rings (SSSR count). The monoisotopic (exact) mass is 232 g/mol. The highest BCUT2D eigenvalue weighted by Gasteiger charge is 2.26. The number of hydrogen-bond acceptors (Lipinski definition) is 3. The molecule has 2 N–H and O–H groups in total. The fourth-order valence-electron chi connectivity index (χ4n) is 1.67. The Hall–Kier alpha value is -2.14. The largest absolute Gasteiger partial charge is 0.304 e. The van der Waals surface area contributed by atoms with Gasteiger partial charge in [-0.1, -0.05) is 17.7 Å². The van der Waals surface area contributed by atoms with E-state index in [0.717, 1.165) is 11.3 Å². The molecule has 5 nitrogen and oxygen atoms in total. The second-order valence-electron chi connectivity index (χ2n) is 3.87. The van der Waals surface area contributed by atoms with E-state index in [0.29, 0.717) is 0 Å². The number of hydrogen-bond donors (Lipinski definition) is 2. The fourth-order valence-corrected chi connectivity index (χ4v) is 1.67. The third-order valence-corrected chi connectivity index (χ3v) is 2.63. The van der Waals surface area contributed by atoms with Crippen LogP contribution in [-0.2, 0) is 9.59 Å². The third-order valence-electron chi connectivity index (χ3n) is 2.63. The molecule has 0 saturated heterocycles. The molecule has 2 amide bonds. The molecule has 1 aromatic carbocycles. The van der Waals surface area contributed by atoms with Gasteiger partial charge in [0, 0.05) is 17.3 Å². The van der Waals surface area contributed by atoms with Crippen LogP contribution in [0.2, 0.25) is 0 Å².